The van der Waals surface area contributed by atoms with E-state index in [9.17, 15) is 9.59 Å². The molecule has 0 unspecified atom stereocenters. The lowest BCUT2D eigenvalue weighted by molar-refractivity contribution is 0.0994. The lowest BCUT2D eigenvalue weighted by Gasteiger charge is -2.05. The Morgan fingerprint density at radius 2 is 2.20 bits per heavy atom. The third-order valence-corrected chi connectivity index (χ3v) is 2.89. The number of carbonyl (C=O) groups excluding carboxylic acids is 2. The Hall–Kier alpha value is -2.41. The Morgan fingerprint density at radius 1 is 1.45 bits per heavy atom. The zero-order chi connectivity index (χ0) is 14.7. The summed E-state index contributed by atoms with van der Waals surface area (Å²) in [6.45, 7) is 1.89. The summed E-state index contributed by atoms with van der Waals surface area (Å²) < 4.78 is 0. The van der Waals surface area contributed by atoms with Gasteiger partial charge in [0.1, 0.15) is 5.82 Å². The highest BCUT2D eigenvalue weighted by Gasteiger charge is 2.14. The molecule has 7 nitrogen and oxygen atoms in total. The van der Waals surface area contributed by atoms with Gasteiger partial charge in [-0.15, -0.1) is 5.10 Å². The predicted octanol–water partition coefficient (Wildman–Crippen LogP) is 1.37. The fourth-order valence-electron chi connectivity index (χ4n) is 1.53. The first-order valence-corrected chi connectivity index (χ1v) is 6.21. The standard InChI is InChI=1S/C12H12ClN5O2/c1-2-9-16-11(18-17-9)12(20)15-6-3-4-8(13)7(5-6)10(14)19/h3-5H,2H2,1H3,(H2,14,19)(H,15,20)(H,16,17,18). The van der Waals surface area contributed by atoms with Crippen LogP contribution in [0.2, 0.25) is 5.02 Å². The van der Waals surface area contributed by atoms with E-state index in [0.717, 1.165) is 0 Å². The minimum atomic E-state index is -0.669. The zero-order valence-corrected chi connectivity index (χ0v) is 11.4. The molecule has 0 aliphatic carbocycles. The van der Waals surface area contributed by atoms with Crippen molar-refractivity contribution in [3.05, 3.63) is 40.4 Å². The van der Waals surface area contributed by atoms with Gasteiger partial charge in [0, 0.05) is 12.1 Å². The summed E-state index contributed by atoms with van der Waals surface area (Å²) in [4.78, 5) is 27.1. The van der Waals surface area contributed by atoms with Gasteiger partial charge in [-0.2, -0.15) is 0 Å². The SMILES string of the molecule is CCc1nc(C(=O)Nc2ccc(Cl)c(C(N)=O)c2)n[nH]1. The fraction of sp³-hybridized carbons (Fsp3) is 0.167. The van der Waals surface area contributed by atoms with Crippen LogP contribution in [-0.4, -0.2) is 27.0 Å². The number of primary amides is 1. The maximum Gasteiger partial charge on any atom is 0.295 e. The number of aromatic nitrogens is 3. The van der Waals surface area contributed by atoms with Crippen molar-refractivity contribution in [3.8, 4) is 0 Å². The van der Waals surface area contributed by atoms with E-state index >= 15 is 0 Å². The summed E-state index contributed by atoms with van der Waals surface area (Å²) in [6.07, 6.45) is 0.646. The van der Waals surface area contributed by atoms with Crippen LogP contribution in [0.15, 0.2) is 18.2 Å². The Morgan fingerprint density at radius 3 is 2.80 bits per heavy atom. The Bertz CT molecular complexity index is 668. The number of rotatable bonds is 4. The monoisotopic (exact) mass is 293 g/mol. The zero-order valence-electron chi connectivity index (χ0n) is 10.6. The number of anilines is 1. The topological polar surface area (TPSA) is 114 Å². The van der Waals surface area contributed by atoms with Crippen molar-refractivity contribution >= 4 is 29.1 Å². The molecule has 0 atom stereocenters. The van der Waals surface area contributed by atoms with Crippen LogP contribution in [0.5, 0.6) is 0 Å². The second-order valence-electron chi connectivity index (χ2n) is 3.97. The number of nitrogens with two attached hydrogens (primary N) is 1. The second kappa shape index (κ2) is 5.70. The molecule has 2 rings (SSSR count). The van der Waals surface area contributed by atoms with E-state index in [1.165, 1.54) is 12.1 Å². The van der Waals surface area contributed by atoms with Gasteiger partial charge >= 0.3 is 0 Å². The molecule has 0 aliphatic heterocycles. The van der Waals surface area contributed by atoms with Crippen molar-refractivity contribution in [1.29, 1.82) is 0 Å². The highest BCUT2D eigenvalue weighted by atomic mass is 35.5. The van der Waals surface area contributed by atoms with Crippen LogP contribution in [0.25, 0.3) is 0 Å². The third kappa shape index (κ3) is 2.94. The molecule has 104 valence electrons. The molecule has 20 heavy (non-hydrogen) atoms. The van der Waals surface area contributed by atoms with E-state index in [-0.39, 0.29) is 16.4 Å². The minimum absolute atomic E-state index is 0.0254. The lowest BCUT2D eigenvalue weighted by atomic mass is 10.2. The van der Waals surface area contributed by atoms with Gasteiger partial charge in [0.15, 0.2) is 0 Å². The number of aryl methyl sites for hydroxylation is 1. The highest BCUT2D eigenvalue weighted by Crippen LogP contribution is 2.20. The Kier molecular flexibility index (Phi) is 3.99. The van der Waals surface area contributed by atoms with Crippen LogP contribution in [0.3, 0.4) is 0 Å². The summed E-state index contributed by atoms with van der Waals surface area (Å²) in [5, 5.41) is 9.23. The molecule has 2 aromatic rings. The molecule has 0 spiro atoms. The van der Waals surface area contributed by atoms with Gasteiger partial charge < -0.3 is 11.1 Å². The number of H-pyrrole nitrogens is 1. The summed E-state index contributed by atoms with van der Waals surface area (Å²) in [5.41, 5.74) is 5.70. The number of aromatic amines is 1. The molecule has 1 aromatic heterocycles. The summed E-state index contributed by atoms with van der Waals surface area (Å²) in [5.74, 6) is -0.516. The first-order valence-electron chi connectivity index (χ1n) is 5.83. The van der Waals surface area contributed by atoms with Crippen LogP contribution < -0.4 is 11.1 Å². The Labute approximate surface area is 119 Å². The van der Waals surface area contributed by atoms with E-state index in [2.05, 4.69) is 20.5 Å². The number of carbonyl (C=O) groups is 2. The summed E-state index contributed by atoms with van der Waals surface area (Å²) >= 11 is 5.82. The summed E-state index contributed by atoms with van der Waals surface area (Å²) in [6, 6.07) is 4.43. The van der Waals surface area contributed by atoms with Crippen molar-refractivity contribution in [3.63, 3.8) is 0 Å². The largest absolute Gasteiger partial charge is 0.366 e. The first kappa shape index (κ1) is 14.0. The lowest BCUT2D eigenvalue weighted by Crippen LogP contribution is -2.16. The molecule has 0 bridgehead atoms. The van der Waals surface area contributed by atoms with Gasteiger partial charge in [-0.25, -0.2) is 4.98 Å². The molecule has 2 amide bonds. The van der Waals surface area contributed by atoms with Crippen LogP contribution in [-0.2, 0) is 6.42 Å². The number of amides is 2. The molecule has 4 N–H and O–H groups in total. The van der Waals surface area contributed by atoms with Crippen molar-refractivity contribution in [2.24, 2.45) is 5.73 Å². The van der Waals surface area contributed by atoms with Gasteiger partial charge in [0.05, 0.1) is 10.6 Å². The molecule has 0 saturated heterocycles. The van der Waals surface area contributed by atoms with E-state index in [1.807, 2.05) is 6.92 Å². The van der Waals surface area contributed by atoms with Crippen molar-refractivity contribution in [2.45, 2.75) is 13.3 Å². The van der Waals surface area contributed by atoms with Crippen molar-refractivity contribution < 1.29 is 9.59 Å². The predicted molar refractivity (Wildman–Crippen MR) is 73.7 cm³/mol. The number of hydrogen-bond acceptors (Lipinski definition) is 4. The maximum absolute atomic E-state index is 11.9. The smallest absolute Gasteiger partial charge is 0.295 e. The minimum Gasteiger partial charge on any atom is -0.366 e. The van der Waals surface area contributed by atoms with E-state index in [1.54, 1.807) is 6.07 Å². The van der Waals surface area contributed by atoms with E-state index in [4.69, 9.17) is 17.3 Å². The molecule has 1 heterocycles. The van der Waals surface area contributed by atoms with Crippen LogP contribution in [0.4, 0.5) is 5.69 Å². The van der Waals surface area contributed by atoms with Gasteiger partial charge in [0.25, 0.3) is 5.91 Å². The fourth-order valence-corrected chi connectivity index (χ4v) is 1.74. The van der Waals surface area contributed by atoms with Gasteiger partial charge in [-0.1, -0.05) is 18.5 Å². The van der Waals surface area contributed by atoms with Gasteiger partial charge in [-0.3, -0.25) is 14.7 Å². The second-order valence-corrected chi connectivity index (χ2v) is 4.38. The molecule has 8 heteroatoms. The van der Waals surface area contributed by atoms with Crippen molar-refractivity contribution in [1.82, 2.24) is 15.2 Å². The number of nitrogens with zero attached hydrogens (tertiary/aromatic N) is 2. The van der Waals surface area contributed by atoms with Crippen LogP contribution in [0, 0.1) is 0 Å². The number of nitrogens with one attached hydrogen (secondary N) is 2. The number of benzene rings is 1. The van der Waals surface area contributed by atoms with Gasteiger partial charge in [-0.05, 0) is 18.2 Å². The maximum atomic E-state index is 11.9. The highest BCUT2D eigenvalue weighted by molar-refractivity contribution is 6.34. The third-order valence-electron chi connectivity index (χ3n) is 2.56. The average molecular weight is 294 g/mol. The molecule has 0 radical (unpaired) electrons. The molecular formula is C12H12ClN5O2. The van der Waals surface area contributed by atoms with Crippen LogP contribution >= 0.6 is 11.6 Å². The molecule has 0 fully saturated rings. The van der Waals surface area contributed by atoms with E-state index in [0.29, 0.717) is 17.9 Å². The van der Waals surface area contributed by atoms with Gasteiger partial charge in [0.2, 0.25) is 11.7 Å². The first-order chi connectivity index (χ1) is 9.51. The van der Waals surface area contributed by atoms with Crippen LogP contribution in [0.1, 0.15) is 33.7 Å². The average Bonchev–Trinajstić information content (AvgIpc) is 2.89. The molecule has 0 saturated carbocycles. The normalized spacial score (nSPS) is 10.3. The molecule has 0 aliphatic rings. The number of hydrogen-bond donors (Lipinski definition) is 3. The molecule has 1 aromatic carbocycles. The number of halogens is 1. The quantitative estimate of drug-likeness (QED) is 0.790. The molecular weight excluding hydrogens is 282 g/mol. The Balaban J connectivity index is 2.19. The van der Waals surface area contributed by atoms with E-state index < -0.39 is 11.8 Å². The summed E-state index contributed by atoms with van der Waals surface area (Å²) in [7, 11) is 0. The van der Waals surface area contributed by atoms with Crippen molar-refractivity contribution in [2.75, 3.05) is 5.32 Å².